The molecule has 0 aliphatic carbocycles. The van der Waals surface area contributed by atoms with Gasteiger partial charge in [0, 0.05) is 11.3 Å². The number of aromatic hydroxyl groups is 1. The summed E-state index contributed by atoms with van der Waals surface area (Å²) in [5, 5.41) is 9.13. The van der Waals surface area contributed by atoms with E-state index in [-0.39, 0.29) is 5.75 Å². The molecule has 0 unspecified atom stereocenters. The Morgan fingerprint density at radius 2 is 1.79 bits per heavy atom. The van der Waals surface area contributed by atoms with Crippen LogP contribution in [0.5, 0.6) is 5.75 Å². The summed E-state index contributed by atoms with van der Waals surface area (Å²) in [5.41, 5.74) is 2.79. The van der Waals surface area contributed by atoms with Gasteiger partial charge in [-0.25, -0.2) is 9.97 Å². The molecule has 2 aromatic rings. The largest absolute Gasteiger partial charge is 0.508 e. The van der Waals surface area contributed by atoms with Gasteiger partial charge in [-0.15, -0.1) is 0 Å². The fourth-order valence-corrected chi connectivity index (χ4v) is 1.24. The quantitative estimate of drug-likeness (QED) is 0.742. The van der Waals surface area contributed by atoms with Crippen molar-refractivity contribution in [3.63, 3.8) is 0 Å². The summed E-state index contributed by atoms with van der Waals surface area (Å²) < 4.78 is 0. The zero-order valence-corrected chi connectivity index (χ0v) is 7.81. The minimum Gasteiger partial charge on any atom is -0.508 e. The highest BCUT2D eigenvalue weighted by atomic mass is 16.3. The van der Waals surface area contributed by atoms with Crippen LogP contribution >= 0.6 is 0 Å². The highest BCUT2D eigenvalue weighted by Crippen LogP contribution is 2.19. The zero-order valence-electron chi connectivity index (χ0n) is 7.81. The lowest BCUT2D eigenvalue weighted by atomic mass is 10.1. The van der Waals surface area contributed by atoms with Crippen molar-refractivity contribution in [1.29, 1.82) is 0 Å². The first-order chi connectivity index (χ1) is 6.75. The summed E-state index contributed by atoms with van der Waals surface area (Å²) in [6.07, 6.45) is 1.54. The van der Waals surface area contributed by atoms with E-state index in [0.717, 1.165) is 17.0 Å². The third-order valence-electron chi connectivity index (χ3n) is 1.97. The number of benzene rings is 1. The molecule has 0 saturated carbocycles. The molecule has 1 heterocycles. The molecule has 0 bridgehead atoms. The van der Waals surface area contributed by atoms with Gasteiger partial charge in [0.1, 0.15) is 12.1 Å². The fraction of sp³-hybridized carbons (Fsp3) is 0.0909. The van der Waals surface area contributed by atoms with Crippen LogP contribution in [-0.2, 0) is 0 Å². The minimum absolute atomic E-state index is 0.263. The van der Waals surface area contributed by atoms with E-state index in [0.29, 0.717) is 0 Å². The van der Waals surface area contributed by atoms with Gasteiger partial charge in [-0.2, -0.15) is 0 Å². The van der Waals surface area contributed by atoms with Crippen LogP contribution in [-0.4, -0.2) is 15.1 Å². The minimum atomic E-state index is 0.263. The zero-order chi connectivity index (χ0) is 9.97. The van der Waals surface area contributed by atoms with Crippen molar-refractivity contribution in [2.75, 3.05) is 0 Å². The van der Waals surface area contributed by atoms with Crippen molar-refractivity contribution in [3.05, 3.63) is 42.4 Å². The smallest absolute Gasteiger partial charge is 0.116 e. The Balaban J connectivity index is 2.44. The Bertz CT molecular complexity index is 437. The molecule has 0 saturated heterocycles. The molecule has 2 rings (SSSR count). The molecule has 1 N–H and O–H groups in total. The van der Waals surface area contributed by atoms with Crippen LogP contribution in [0.2, 0.25) is 0 Å². The third kappa shape index (κ3) is 1.71. The summed E-state index contributed by atoms with van der Waals surface area (Å²) in [6.45, 7) is 1.92. The van der Waals surface area contributed by atoms with Gasteiger partial charge >= 0.3 is 0 Å². The molecule has 0 radical (unpaired) electrons. The van der Waals surface area contributed by atoms with Gasteiger partial charge in [0.25, 0.3) is 0 Å². The molecular weight excluding hydrogens is 176 g/mol. The van der Waals surface area contributed by atoms with Crippen molar-refractivity contribution in [2.24, 2.45) is 0 Å². The predicted octanol–water partition coefficient (Wildman–Crippen LogP) is 2.16. The lowest BCUT2D eigenvalue weighted by molar-refractivity contribution is 0.475. The summed E-state index contributed by atoms with van der Waals surface area (Å²) in [7, 11) is 0. The van der Waals surface area contributed by atoms with Crippen LogP contribution < -0.4 is 0 Å². The maximum absolute atomic E-state index is 9.13. The third-order valence-corrected chi connectivity index (χ3v) is 1.97. The number of aryl methyl sites for hydroxylation is 1. The highest BCUT2D eigenvalue weighted by Gasteiger charge is 1.99. The number of phenols is 1. The highest BCUT2D eigenvalue weighted by molar-refractivity contribution is 5.59. The molecular formula is C11H10N2O. The summed E-state index contributed by atoms with van der Waals surface area (Å²) in [4.78, 5) is 8.17. The first-order valence-electron chi connectivity index (χ1n) is 4.34. The fourth-order valence-electron chi connectivity index (χ4n) is 1.24. The van der Waals surface area contributed by atoms with Crippen LogP contribution in [0.15, 0.2) is 36.7 Å². The van der Waals surface area contributed by atoms with E-state index >= 15 is 0 Å². The standard InChI is InChI=1S/C11H10N2O/c1-8-6-11(13-7-12-8)9-2-4-10(14)5-3-9/h2-7,14H,1H3. The molecule has 1 aromatic heterocycles. The molecule has 0 spiro atoms. The van der Waals surface area contributed by atoms with E-state index in [1.807, 2.05) is 25.1 Å². The number of nitrogens with zero attached hydrogens (tertiary/aromatic N) is 2. The Kier molecular flexibility index (Phi) is 2.14. The molecule has 70 valence electrons. The second-order valence-corrected chi connectivity index (χ2v) is 3.09. The van der Waals surface area contributed by atoms with Gasteiger partial charge in [-0.3, -0.25) is 0 Å². The Morgan fingerprint density at radius 1 is 1.07 bits per heavy atom. The van der Waals surface area contributed by atoms with E-state index in [1.54, 1.807) is 12.1 Å². The topological polar surface area (TPSA) is 46.0 Å². The van der Waals surface area contributed by atoms with E-state index in [4.69, 9.17) is 5.11 Å². The van der Waals surface area contributed by atoms with Gasteiger partial charge in [-0.05, 0) is 37.3 Å². The van der Waals surface area contributed by atoms with E-state index in [9.17, 15) is 0 Å². The van der Waals surface area contributed by atoms with Crippen LogP contribution in [0, 0.1) is 6.92 Å². The van der Waals surface area contributed by atoms with Crippen molar-refractivity contribution >= 4 is 0 Å². The van der Waals surface area contributed by atoms with Crippen molar-refractivity contribution in [2.45, 2.75) is 6.92 Å². The molecule has 0 amide bonds. The first-order valence-corrected chi connectivity index (χ1v) is 4.34. The van der Waals surface area contributed by atoms with Crippen LogP contribution in [0.25, 0.3) is 11.3 Å². The summed E-state index contributed by atoms with van der Waals surface area (Å²) in [5.74, 6) is 0.263. The van der Waals surface area contributed by atoms with Crippen LogP contribution in [0.1, 0.15) is 5.69 Å². The maximum Gasteiger partial charge on any atom is 0.116 e. The van der Waals surface area contributed by atoms with E-state index in [1.165, 1.54) is 6.33 Å². The number of hydrogen-bond acceptors (Lipinski definition) is 3. The van der Waals surface area contributed by atoms with Crippen molar-refractivity contribution in [3.8, 4) is 17.0 Å². The van der Waals surface area contributed by atoms with Gasteiger partial charge in [0.2, 0.25) is 0 Å². The number of hydrogen-bond donors (Lipinski definition) is 1. The van der Waals surface area contributed by atoms with Gasteiger partial charge in [-0.1, -0.05) is 0 Å². The average Bonchev–Trinajstić information content (AvgIpc) is 2.19. The second-order valence-electron chi connectivity index (χ2n) is 3.09. The molecule has 3 nitrogen and oxygen atoms in total. The number of rotatable bonds is 1. The Labute approximate surface area is 82.1 Å². The van der Waals surface area contributed by atoms with Gasteiger partial charge in [0.05, 0.1) is 5.69 Å². The van der Waals surface area contributed by atoms with E-state index in [2.05, 4.69) is 9.97 Å². The summed E-state index contributed by atoms with van der Waals surface area (Å²) in [6, 6.07) is 8.86. The molecule has 1 aromatic carbocycles. The maximum atomic E-state index is 9.13. The van der Waals surface area contributed by atoms with Crippen LogP contribution in [0.3, 0.4) is 0 Å². The van der Waals surface area contributed by atoms with Gasteiger partial charge < -0.3 is 5.11 Å². The number of phenolic OH excluding ortho intramolecular Hbond substituents is 1. The monoisotopic (exact) mass is 186 g/mol. The number of aromatic nitrogens is 2. The molecule has 0 atom stereocenters. The summed E-state index contributed by atoms with van der Waals surface area (Å²) >= 11 is 0. The van der Waals surface area contributed by atoms with Crippen molar-refractivity contribution in [1.82, 2.24) is 9.97 Å². The van der Waals surface area contributed by atoms with Crippen molar-refractivity contribution < 1.29 is 5.11 Å². The lowest BCUT2D eigenvalue weighted by Crippen LogP contribution is -1.87. The predicted molar refractivity (Wildman–Crippen MR) is 53.9 cm³/mol. The molecule has 0 aliphatic heterocycles. The van der Waals surface area contributed by atoms with E-state index < -0.39 is 0 Å². The normalized spacial score (nSPS) is 10.1. The average molecular weight is 186 g/mol. The van der Waals surface area contributed by atoms with Crippen LogP contribution in [0.4, 0.5) is 0 Å². The first kappa shape index (κ1) is 8.69. The second kappa shape index (κ2) is 3.46. The molecule has 3 heteroatoms. The Hall–Kier alpha value is -1.90. The molecule has 0 aliphatic rings. The van der Waals surface area contributed by atoms with Gasteiger partial charge in [0.15, 0.2) is 0 Å². The Morgan fingerprint density at radius 3 is 2.43 bits per heavy atom. The SMILES string of the molecule is Cc1cc(-c2ccc(O)cc2)ncn1. The molecule has 14 heavy (non-hydrogen) atoms. The lowest BCUT2D eigenvalue weighted by Gasteiger charge is -2.00. The molecule has 0 fully saturated rings.